The zero-order chi connectivity index (χ0) is 14.2. The summed E-state index contributed by atoms with van der Waals surface area (Å²) < 4.78 is 7.82. The predicted octanol–water partition coefficient (Wildman–Crippen LogP) is 2.07. The average Bonchev–Trinajstić information content (AvgIpc) is 2.60. The number of carboxylic acid groups (broad SMARTS) is 1. The van der Waals surface area contributed by atoms with Gasteiger partial charge >= 0.3 is 5.97 Å². The van der Waals surface area contributed by atoms with Crippen LogP contribution in [0.4, 0.5) is 0 Å². The molecule has 0 fully saturated rings. The smallest absolute Gasteiger partial charge is 0.307 e. The first kappa shape index (κ1) is 13.9. The minimum atomic E-state index is -0.927. The van der Waals surface area contributed by atoms with E-state index in [0.717, 1.165) is 15.4 Å². The third-order valence-corrected chi connectivity index (χ3v) is 3.81. The van der Waals surface area contributed by atoms with Crippen LogP contribution in [0, 0.1) is 0 Å². The lowest BCUT2D eigenvalue weighted by Crippen LogP contribution is -2.04. The van der Waals surface area contributed by atoms with Crippen molar-refractivity contribution in [1.82, 2.24) is 4.57 Å². The summed E-state index contributed by atoms with van der Waals surface area (Å²) in [6.07, 6.45) is -0.127. The highest BCUT2D eigenvalue weighted by atomic mass is 79.9. The number of rotatable bonds is 4. The molecule has 0 amide bonds. The molecule has 6 heteroatoms. The van der Waals surface area contributed by atoms with Crippen LogP contribution < -0.4 is 4.74 Å². The lowest BCUT2D eigenvalue weighted by atomic mass is 10.1. The highest BCUT2D eigenvalue weighted by Crippen LogP contribution is 2.34. The van der Waals surface area contributed by atoms with Gasteiger partial charge in [0, 0.05) is 23.6 Å². The quantitative estimate of drug-likeness (QED) is 0.901. The Bertz CT molecular complexity index is 648. The maximum Gasteiger partial charge on any atom is 0.307 e. The fourth-order valence-electron chi connectivity index (χ4n) is 2.27. The van der Waals surface area contributed by atoms with Gasteiger partial charge in [-0.1, -0.05) is 0 Å². The van der Waals surface area contributed by atoms with Crippen LogP contribution in [0.1, 0.15) is 11.3 Å². The van der Waals surface area contributed by atoms with Crippen molar-refractivity contribution in [2.24, 2.45) is 7.05 Å². The molecular formula is C13H14BrNO4. The number of benzene rings is 1. The summed E-state index contributed by atoms with van der Waals surface area (Å²) >= 11 is 3.40. The number of aliphatic hydroxyl groups excluding tert-OH is 1. The lowest BCUT2D eigenvalue weighted by molar-refractivity contribution is -0.136. The SMILES string of the molecule is COc1cc2c(CC(=O)O)c(CO)n(C)c2cc1Br. The Labute approximate surface area is 118 Å². The normalized spacial score (nSPS) is 10.9. The van der Waals surface area contributed by atoms with E-state index >= 15 is 0 Å². The molecule has 0 bridgehead atoms. The minimum absolute atomic E-state index is 0.127. The highest BCUT2D eigenvalue weighted by molar-refractivity contribution is 9.10. The fourth-order valence-corrected chi connectivity index (χ4v) is 2.76. The summed E-state index contributed by atoms with van der Waals surface area (Å²) in [5.74, 6) is -0.293. The Morgan fingerprint density at radius 2 is 2.16 bits per heavy atom. The Balaban J connectivity index is 2.79. The molecule has 102 valence electrons. The predicted molar refractivity (Wildman–Crippen MR) is 74.4 cm³/mol. The van der Waals surface area contributed by atoms with Crippen molar-refractivity contribution < 1.29 is 19.7 Å². The minimum Gasteiger partial charge on any atom is -0.496 e. The van der Waals surface area contributed by atoms with Crippen LogP contribution in [0.5, 0.6) is 5.75 Å². The molecular weight excluding hydrogens is 314 g/mol. The van der Waals surface area contributed by atoms with E-state index in [1.54, 1.807) is 24.8 Å². The van der Waals surface area contributed by atoms with E-state index in [2.05, 4.69) is 15.9 Å². The first-order valence-electron chi connectivity index (χ1n) is 5.66. The summed E-state index contributed by atoms with van der Waals surface area (Å²) in [6, 6.07) is 3.65. The summed E-state index contributed by atoms with van der Waals surface area (Å²) in [7, 11) is 3.36. The number of aryl methyl sites for hydroxylation is 1. The molecule has 0 saturated heterocycles. The first-order chi connectivity index (χ1) is 8.99. The van der Waals surface area contributed by atoms with Crippen LogP contribution in [0.3, 0.4) is 0 Å². The molecule has 0 saturated carbocycles. The van der Waals surface area contributed by atoms with Crippen molar-refractivity contribution in [3.05, 3.63) is 27.9 Å². The van der Waals surface area contributed by atoms with E-state index in [0.29, 0.717) is 17.0 Å². The van der Waals surface area contributed by atoms with Gasteiger partial charge in [-0.2, -0.15) is 0 Å². The summed E-state index contributed by atoms with van der Waals surface area (Å²) in [6.45, 7) is -0.201. The molecule has 0 radical (unpaired) electrons. The van der Waals surface area contributed by atoms with Crippen molar-refractivity contribution in [2.45, 2.75) is 13.0 Å². The van der Waals surface area contributed by atoms with Crippen LogP contribution in [-0.4, -0.2) is 27.9 Å². The number of nitrogens with zero attached hydrogens (tertiary/aromatic N) is 1. The molecule has 5 nitrogen and oxygen atoms in total. The zero-order valence-electron chi connectivity index (χ0n) is 10.6. The van der Waals surface area contributed by atoms with Gasteiger partial charge in [0.05, 0.1) is 24.6 Å². The van der Waals surface area contributed by atoms with E-state index in [9.17, 15) is 9.90 Å². The maximum atomic E-state index is 11.0. The number of aliphatic hydroxyl groups is 1. The second kappa shape index (κ2) is 5.22. The molecule has 0 aliphatic carbocycles. The Morgan fingerprint density at radius 3 is 2.68 bits per heavy atom. The van der Waals surface area contributed by atoms with Crippen LogP contribution in [0.25, 0.3) is 10.9 Å². The van der Waals surface area contributed by atoms with E-state index in [4.69, 9.17) is 9.84 Å². The number of hydrogen-bond acceptors (Lipinski definition) is 3. The molecule has 2 rings (SSSR count). The van der Waals surface area contributed by atoms with Gasteiger partial charge in [0.25, 0.3) is 0 Å². The third kappa shape index (κ3) is 2.33. The van der Waals surface area contributed by atoms with Crippen molar-refractivity contribution in [1.29, 1.82) is 0 Å². The van der Waals surface area contributed by atoms with E-state index < -0.39 is 5.97 Å². The molecule has 2 N–H and O–H groups in total. The molecule has 0 unspecified atom stereocenters. The Morgan fingerprint density at radius 1 is 1.47 bits per heavy atom. The number of carbonyl (C=O) groups is 1. The summed E-state index contributed by atoms with van der Waals surface area (Å²) in [4.78, 5) is 11.0. The number of hydrogen-bond donors (Lipinski definition) is 2. The molecule has 0 aliphatic heterocycles. The highest BCUT2D eigenvalue weighted by Gasteiger charge is 2.18. The van der Waals surface area contributed by atoms with E-state index in [1.807, 2.05) is 6.07 Å². The maximum absolute atomic E-state index is 11.0. The molecule has 0 spiro atoms. The molecule has 0 atom stereocenters. The largest absolute Gasteiger partial charge is 0.496 e. The molecule has 1 heterocycles. The second-order valence-corrected chi connectivity index (χ2v) is 5.07. The third-order valence-electron chi connectivity index (χ3n) is 3.19. The number of methoxy groups -OCH3 is 1. The number of carboxylic acids is 1. The molecule has 19 heavy (non-hydrogen) atoms. The zero-order valence-corrected chi connectivity index (χ0v) is 12.2. The summed E-state index contributed by atoms with van der Waals surface area (Å²) in [5.41, 5.74) is 2.09. The second-order valence-electron chi connectivity index (χ2n) is 4.22. The molecule has 0 aliphatic rings. The monoisotopic (exact) mass is 327 g/mol. The van der Waals surface area contributed by atoms with Gasteiger partial charge in [0.1, 0.15) is 5.75 Å². The van der Waals surface area contributed by atoms with E-state index in [-0.39, 0.29) is 13.0 Å². The van der Waals surface area contributed by atoms with E-state index in [1.165, 1.54) is 0 Å². The Kier molecular flexibility index (Phi) is 3.82. The van der Waals surface area contributed by atoms with Gasteiger partial charge in [-0.3, -0.25) is 4.79 Å². The van der Waals surface area contributed by atoms with Gasteiger partial charge in [-0.25, -0.2) is 0 Å². The van der Waals surface area contributed by atoms with Gasteiger partial charge in [-0.15, -0.1) is 0 Å². The topological polar surface area (TPSA) is 71.7 Å². The van der Waals surface area contributed by atoms with Gasteiger partial charge in [-0.05, 0) is 33.6 Å². The first-order valence-corrected chi connectivity index (χ1v) is 6.45. The number of aromatic nitrogens is 1. The number of fused-ring (bicyclic) bond motifs is 1. The molecule has 1 aromatic carbocycles. The fraction of sp³-hybridized carbons (Fsp3) is 0.308. The van der Waals surface area contributed by atoms with Crippen LogP contribution in [0.15, 0.2) is 16.6 Å². The molecule has 2 aromatic rings. The average molecular weight is 328 g/mol. The number of ether oxygens (including phenoxy) is 1. The number of aliphatic carboxylic acids is 1. The van der Waals surface area contributed by atoms with Gasteiger partial charge in [0.15, 0.2) is 0 Å². The Hall–Kier alpha value is -1.53. The van der Waals surface area contributed by atoms with Crippen molar-refractivity contribution in [2.75, 3.05) is 7.11 Å². The van der Waals surface area contributed by atoms with Crippen molar-refractivity contribution in [3.63, 3.8) is 0 Å². The standard InChI is InChI=1S/C13H14BrNO4/c1-15-10-5-9(14)12(19-2)3-7(10)8(4-13(17)18)11(15)6-16/h3,5,16H,4,6H2,1-2H3,(H,17,18). The van der Waals surface area contributed by atoms with Crippen LogP contribution >= 0.6 is 15.9 Å². The van der Waals surface area contributed by atoms with Crippen molar-refractivity contribution >= 4 is 32.8 Å². The van der Waals surface area contributed by atoms with Crippen LogP contribution in [-0.2, 0) is 24.9 Å². The lowest BCUT2D eigenvalue weighted by Gasteiger charge is -2.04. The van der Waals surface area contributed by atoms with Crippen molar-refractivity contribution in [3.8, 4) is 5.75 Å². The molecule has 1 aromatic heterocycles. The van der Waals surface area contributed by atoms with Crippen LogP contribution in [0.2, 0.25) is 0 Å². The van der Waals surface area contributed by atoms with Gasteiger partial charge in [0.2, 0.25) is 0 Å². The van der Waals surface area contributed by atoms with Gasteiger partial charge < -0.3 is 19.5 Å². The number of halogens is 1. The summed E-state index contributed by atoms with van der Waals surface area (Å²) in [5, 5.41) is 19.2.